The van der Waals surface area contributed by atoms with Crippen molar-refractivity contribution in [1.82, 2.24) is 14.7 Å². The Morgan fingerprint density at radius 2 is 1.87 bits per heavy atom. The van der Waals surface area contributed by atoms with E-state index in [1.807, 2.05) is 24.3 Å². The summed E-state index contributed by atoms with van der Waals surface area (Å²) in [6.45, 7) is 4.41. The highest BCUT2D eigenvalue weighted by Gasteiger charge is 2.21. The first-order chi connectivity index (χ1) is 14.8. The van der Waals surface area contributed by atoms with E-state index in [2.05, 4.69) is 5.10 Å². The zero-order chi connectivity index (χ0) is 22.5. The van der Waals surface area contributed by atoms with Gasteiger partial charge in [-0.25, -0.2) is 0 Å². The number of aromatic nitrogens is 2. The Morgan fingerprint density at radius 3 is 2.48 bits per heavy atom. The first kappa shape index (κ1) is 22.3. The lowest BCUT2D eigenvalue weighted by atomic mass is 10.1. The van der Waals surface area contributed by atoms with Crippen LogP contribution in [0, 0.1) is 24.0 Å². The summed E-state index contributed by atoms with van der Waals surface area (Å²) >= 11 is 6.06. The molecule has 0 aliphatic rings. The molecule has 0 radical (unpaired) electrons. The van der Waals surface area contributed by atoms with Gasteiger partial charge in [0.1, 0.15) is 23.7 Å². The molecule has 9 heteroatoms. The van der Waals surface area contributed by atoms with Crippen molar-refractivity contribution < 1.29 is 14.5 Å². The largest absolute Gasteiger partial charge is 0.490 e. The SMILES string of the molecule is Cc1nn(Cc2ccc(C(=O)N(C)CCOc3ccccc3Cl)cc2)c(C)c1[N+](=O)[O-]. The topological polar surface area (TPSA) is 90.5 Å². The van der Waals surface area contributed by atoms with Gasteiger partial charge in [0.2, 0.25) is 0 Å². The third-order valence-corrected chi connectivity index (χ3v) is 5.24. The van der Waals surface area contributed by atoms with Crippen molar-refractivity contribution in [3.8, 4) is 5.75 Å². The highest BCUT2D eigenvalue weighted by Crippen LogP contribution is 2.24. The van der Waals surface area contributed by atoms with Crippen LogP contribution >= 0.6 is 11.6 Å². The van der Waals surface area contributed by atoms with Gasteiger partial charge >= 0.3 is 5.69 Å². The van der Waals surface area contributed by atoms with Gasteiger partial charge in [0, 0.05) is 12.6 Å². The number of para-hydroxylation sites is 1. The Bertz CT molecular complexity index is 1100. The van der Waals surface area contributed by atoms with Crippen LogP contribution in [0.5, 0.6) is 5.75 Å². The molecule has 0 spiro atoms. The molecule has 0 N–H and O–H groups in total. The molecular weight excluding hydrogens is 420 g/mol. The Hall–Kier alpha value is -3.39. The van der Waals surface area contributed by atoms with Crippen LogP contribution in [0.4, 0.5) is 5.69 Å². The normalized spacial score (nSPS) is 10.7. The third-order valence-electron chi connectivity index (χ3n) is 4.93. The second-order valence-electron chi connectivity index (χ2n) is 7.14. The monoisotopic (exact) mass is 442 g/mol. The number of hydrogen-bond acceptors (Lipinski definition) is 5. The molecule has 2 aromatic carbocycles. The van der Waals surface area contributed by atoms with Gasteiger partial charge in [0.15, 0.2) is 0 Å². The lowest BCUT2D eigenvalue weighted by molar-refractivity contribution is -0.386. The van der Waals surface area contributed by atoms with Crippen molar-refractivity contribution in [3.05, 3.63) is 86.2 Å². The predicted octanol–water partition coefficient (Wildman–Crippen LogP) is 4.26. The lowest BCUT2D eigenvalue weighted by Gasteiger charge is -2.18. The van der Waals surface area contributed by atoms with Crippen LogP contribution in [-0.2, 0) is 6.54 Å². The fourth-order valence-electron chi connectivity index (χ4n) is 3.21. The Balaban J connectivity index is 1.59. The zero-order valence-electron chi connectivity index (χ0n) is 17.5. The molecule has 8 nitrogen and oxygen atoms in total. The van der Waals surface area contributed by atoms with E-state index in [1.165, 1.54) is 0 Å². The minimum absolute atomic E-state index is 0.0347. The van der Waals surface area contributed by atoms with Crippen molar-refractivity contribution in [1.29, 1.82) is 0 Å². The molecule has 3 rings (SSSR count). The van der Waals surface area contributed by atoms with E-state index in [1.54, 1.807) is 54.7 Å². The standard InChI is InChI=1S/C22H23ClN4O4/c1-15-21(27(29)30)16(2)26(24-15)14-17-8-10-18(11-9-17)22(28)25(3)12-13-31-20-7-5-4-6-19(20)23/h4-11H,12-14H2,1-3H3. The highest BCUT2D eigenvalue weighted by molar-refractivity contribution is 6.32. The first-order valence-electron chi connectivity index (χ1n) is 9.68. The van der Waals surface area contributed by atoms with Crippen LogP contribution in [0.3, 0.4) is 0 Å². The number of rotatable bonds is 8. The molecule has 1 aromatic heterocycles. The number of benzene rings is 2. The van der Waals surface area contributed by atoms with Crippen LogP contribution in [0.1, 0.15) is 27.3 Å². The summed E-state index contributed by atoms with van der Waals surface area (Å²) in [6.07, 6.45) is 0. The molecule has 0 atom stereocenters. The van der Waals surface area contributed by atoms with E-state index in [-0.39, 0.29) is 11.6 Å². The Morgan fingerprint density at radius 1 is 1.19 bits per heavy atom. The predicted molar refractivity (Wildman–Crippen MR) is 118 cm³/mol. The van der Waals surface area contributed by atoms with Crippen molar-refractivity contribution in [2.45, 2.75) is 20.4 Å². The Kier molecular flexibility index (Phi) is 6.91. The molecule has 0 unspecified atom stereocenters. The molecule has 0 saturated heterocycles. The van der Waals surface area contributed by atoms with Gasteiger partial charge in [-0.15, -0.1) is 0 Å². The summed E-state index contributed by atoms with van der Waals surface area (Å²) in [4.78, 5) is 25.0. The van der Waals surface area contributed by atoms with Crippen LogP contribution in [-0.4, -0.2) is 45.7 Å². The van der Waals surface area contributed by atoms with Gasteiger partial charge in [-0.05, 0) is 43.7 Å². The zero-order valence-corrected chi connectivity index (χ0v) is 18.3. The van der Waals surface area contributed by atoms with Crippen LogP contribution in [0.15, 0.2) is 48.5 Å². The van der Waals surface area contributed by atoms with Crippen LogP contribution < -0.4 is 4.74 Å². The van der Waals surface area contributed by atoms with Gasteiger partial charge in [0.05, 0.1) is 23.0 Å². The molecule has 0 aliphatic heterocycles. The van der Waals surface area contributed by atoms with E-state index < -0.39 is 4.92 Å². The summed E-state index contributed by atoms with van der Waals surface area (Å²) in [5, 5.41) is 15.9. The number of ether oxygens (including phenoxy) is 1. The summed E-state index contributed by atoms with van der Waals surface area (Å²) in [6, 6.07) is 14.3. The van der Waals surface area contributed by atoms with Crippen molar-refractivity contribution in [3.63, 3.8) is 0 Å². The van der Waals surface area contributed by atoms with Gasteiger partial charge in [-0.2, -0.15) is 5.10 Å². The molecule has 0 fully saturated rings. The average Bonchev–Trinajstić information content (AvgIpc) is 3.02. The minimum atomic E-state index is -0.415. The van der Waals surface area contributed by atoms with Gasteiger partial charge < -0.3 is 9.64 Å². The molecular formula is C22H23ClN4O4. The number of aryl methyl sites for hydroxylation is 1. The maximum Gasteiger partial charge on any atom is 0.312 e. The van der Waals surface area contributed by atoms with Crippen LogP contribution in [0.25, 0.3) is 0 Å². The molecule has 31 heavy (non-hydrogen) atoms. The number of carbonyl (C=O) groups is 1. The first-order valence-corrected chi connectivity index (χ1v) is 10.1. The van der Waals surface area contributed by atoms with E-state index >= 15 is 0 Å². The smallest absolute Gasteiger partial charge is 0.312 e. The van der Waals surface area contributed by atoms with Crippen molar-refractivity contribution in [2.75, 3.05) is 20.2 Å². The average molecular weight is 443 g/mol. The van der Waals surface area contributed by atoms with Crippen molar-refractivity contribution >= 4 is 23.2 Å². The summed E-state index contributed by atoms with van der Waals surface area (Å²) in [5.41, 5.74) is 2.35. The van der Waals surface area contributed by atoms with E-state index in [9.17, 15) is 14.9 Å². The molecule has 0 saturated carbocycles. The number of hydrogen-bond donors (Lipinski definition) is 0. The molecule has 0 bridgehead atoms. The van der Waals surface area contributed by atoms with Gasteiger partial charge in [-0.3, -0.25) is 19.6 Å². The second kappa shape index (κ2) is 9.61. The molecule has 1 amide bonds. The Labute approximate surface area is 185 Å². The van der Waals surface area contributed by atoms with Crippen LogP contribution in [0.2, 0.25) is 5.02 Å². The number of halogens is 1. The lowest BCUT2D eigenvalue weighted by Crippen LogP contribution is -2.30. The highest BCUT2D eigenvalue weighted by atomic mass is 35.5. The van der Waals surface area contributed by atoms with Gasteiger partial charge in [0.25, 0.3) is 5.91 Å². The molecule has 0 aliphatic carbocycles. The van der Waals surface area contributed by atoms with Crippen molar-refractivity contribution in [2.24, 2.45) is 0 Å². The maximum atomic E-state index is 12.7. The number of carbonyl (C=O) groups excluding carboxylic acids is 1. The quantitative estimate of drug-likeness (QED) is 0.384. The van der Waals surface area contributed by atoms with E-state index in [0.29, 0.717) is 47.4 Å². The molecule has 162 valence electrons. The summed E-state index contributed by atoms with van der Waals surface area (Å²) in [7, 11) is 1.71. The van der Waals surface area contributed by atoms with E-state index in [4.69, 9.17) is 16.3 Å². The third kappa shape index (κ3) is 5.21. The molecule has 3 aromatic rings. The minimum Gasteiger partial charge on any atom is -0.490 e. The number of amides is 1. The number of likely N-dealkylation sites (N-methyl/N-ethyl adjacent to an activating group) is 1. The number of nitrogens with zero attached hydrogens (tertiary/aromatic N) is 4. The molecule has 1 heterocycles. The van der Waals surface area contributed by atoms with E-state index in [0.717, 1.165) is 5.56 Å². The fraction of sp³-hybridized carbons (Fsp3) is 0.273. The number of nitro groups is 1. The van der Waals surface area contributed by atoms with Gasteiger partial charge in [-0.1, -0.05) is 35.9 Å². The summed E-state index contributed by atoms with van der Waals surface area (Å²) in [5.74, 6) is 0.454. The fourth-order valence-corrected chi connectivity index (χ4v) is 3.40. The summed E-state index contributed by atoms with van der Waals surface area (Å²) < 4.78 is 7.23. The maximum absolute atomic E-state index is 12.7. The second-order valence-corrected chi connectivity index (χ2v) is 7.54.